The van der Waals surface area contributed by atoms with Crippen molar-refractivity contribution < 1.29 is 4.74 Å². The normalized spacial score (nSPS) is 34.5. The third kappa shape index (κ3) is 4.39. The smallest absolute Gasteiger partial charge is 0.187 e. The standard InChI is InChI=1S/C16H27N3OS/c21-16(17-11-15-6-3-9-20-15)19-18-14-8-7-12-4-1-2-5-13(12)10-14/h12-13,15H,1-11H2,(H2,17,19,21)/b18-14+/t12-,13-,15-/m0/s1. The number of rotatable bonds is 3. The van der Waals surface area contributed by atoms with Gasteiger partial charge >= 0.3 is 0 Å². The van der Waals surface area contributed by atoms with Crippen LogP contribution in [0, 0.1) is 11.8 Å². The van der Waals surface area contributed by atoms with Gasteiger partial charge < -0.3 is 10.1 Å². The molecule has 3 rings (SSSR count). The van der Waals surface area contributed by atoms with E-state index in [1.54, 1.807) is 0 Å². The fourth-order valence-electron chi connectivity index (χ4n) is 3.97. The van der Waals surface area contributed by atoms with E-state index in [1.165, 1.54) is 44.2 Å². The molecule has 1 heterocycles. The highest BCUT2D eigenvalue weighted by Crippen LogP contribution is 2.39. The minimum Gasteiger partial charge on any atom is -0.376 e. The van der Waals surface area contributed by atoms with Crippen LogP contribution in [0.4, 0.5) is 0 Å². The van der Waals surface area contributed by atoms with Crippen LogP contribution in [0.25, 0.3) is 0 Å². The maximum absolute atomic E-state index is 5.57. The Kier molecular flexibility index (Phi) is 5.47. The molecule has 0 radical (unpaired) electrons. The number of nitrogens with zero attached hydrogens (tertiary/aromatic N) is 1. The molecule has 4 nitrogen and oxygen atoms in total. The lowest BCUT2D eigenvalue weighted by atomic mass is 9.70. The number of fused-ring (bicyclic) bond motifs is 1. The van der Waals surface area contributed by atoms with E-state index >= 15 is 0 Å². The van der Waals surface area contributed by atoms with Crippen molar-refractivity contribution in [2.24, 2.45) is 16.9 Å². The van der Waals surface area contributed by atoms with Gasteiger partial charge in [-0.1, -0.05) is 19.3 Å². The van der Waals surface area contributed by atoms with E-state index in [9.17, 15) is 0 Å². The van der Waals surface area contributed by atoms with Crippen molar-refractivity contribution in [1.29, 1.82) is 0 Å². The van der Waals surface area contributed by atoms with Crippen molar-refractivity contribution in [2.75, 3.05) is 13.2 Å². The predicted molar refractivity (Wildman–Crippen MR) is 89.4 cm³/mol. The lowest BCUT2D eigenvalue weighted by Crippen LogP contribution is -2.38. The van der Waals surface area contributed by atoms with Crippen LogP contribution in [0.1, 0.15) is 57.8 Å². The highest BCUT2D eigenvalue weighted by molar-refractivity contribution is 7.80. The molecule has 3 fully saturated rings. The van der Waals surface area contributed by atoms with Crippen molar-refractivity contribution in [3.05, 3.63) is 0 Å². The van der Waals surface area contributed by atoms with E-state index in [0.717, 1.165) is 44.2 Å². The quantitative estimate of drug-likeness (QED) is 0.621. The fraction of sp³-hybridized carbons (Fsp3) is 0.875. The Morgan fingerprint density at radius 1 is 1.14 bits per heavy atom. The lowest BCUT2D eigenvalue weighted by Gasteiger charge is -2.35. The molecule has 2 aliphatic carbocycles. The van der Waals surface area contributed by atoms with Crippen LogP contribution >= 0.6 is 12.2 Å². The van der Waals surface area contributed by atoms with Crippen molar-refractivity contribution >= 4 is 23.0 Å². The van der Waals surface area contributed by atoms with Gasteiger partial charge in [-0.15, -0.1) is 0 Å². The summed E-state index contributed by atoms with van der Waals surface area (Å²) in [7, 11) is 0. The second-order valence-corrected chi connectivity index (χ2v) is 7.09. The molecule has 0 aromatic carbocycles. The summed E-state index contributed by atoms with van der Waals surface area (Å²) in [6, 6.07) is 0. The number of hydrazone groups is 1. The molecule has 21 heavy (non-hydrogen) atoms. The summed E-state index contributed by atoms with van der Waals surface area (Å²) in [4.78, 5) is 0. The Morgan fingerprint density at radius 3 is 2.81 bits per heavy atom. The molecule has 3 atom stereocenters. The van der Waals surface area contributed by atoms with Crippen LogP contribution in [0.5, 0.6) is 0 Å². The molecular weight excluding hydrogens is 282 g/mol. The van der Waals surface area contributed by atoms with E-state index in [4.69, 9.17) is 17.0 Å². The second kappa shape index (κ2) is 7.54. The van der Waals surface area contributed by atoms with Crippen molar-refractivity contribution in [2.45, 2.75) is 63.9 Å². The highest BCUT2D eigenvalue weighted by Gasteiger charge is 2.30. The first-order valence-corrected chi connectivity index (χ1v) is 8.93. The molecule has 118 valence electrons. The van der Waals surface area contributed by atoms with E-state index in [1.807, 2.05) is 0 Å². The molecule has 2 saturated carbocycles. The topological polar surface area (TPSA) is 45.6 Å². The highest BCUT2D eigenvalue weighted by atomic mass is 32.1. The summed E-state index contributed by atoms with van der Waals surface area (Å²) in [5, 5.41) is 8.38. The monoisotopic (exact) mass is 309 g/mol. The summed E-state index contributed by atoms with van der Waals surface area (Å²) in [6.45, 7) is 1.68. The molecule has 5 heteroatoms. The van der Waals surface area contributed by atoms with Crippen LogP contribution in [0.3, 0.4) is 0 Å². The van der Waals surface area contributed by atoms with Crippen LogP contribution in [-0.4, -0.2) is 30.1 Å². The Labute approximate surface area is 133 Å². The van der Waals surface area contributed by atoms with Gasteiger partial charge in [0.25, 0.3) is 0 Å². The number of ether oxygens (including phenoxy) is 1. The van der Waals surface area contributed by atoms with Crippen LogP contribution in [0.15, 0.2) is 5.10 Å². The number of nitrogens with one attached hydrogen (secondary N) is 2. The summed E-state index contributed by atoms with van der Waals surface area (Å²) >= 11 is 5.29. The molecule has 0 spiro atoms. The molecule has 0 bridgehead atoms. The summed E-state index contributed by atoms with van der Waals surface area (Å²) in [5.74, 6) is 1.84. The molecule has 0 aromatic rings. The number of hydrogen-bond acceptors (Lipinski definition) is 3. The second-order valence-electron chi connectivity index (χ2n) is 6.68. The Morgan fingerprint density at radius 2 is 2.00 bits per heavy atom. The van der Waals surface area contributed by atoms with Gasteiger partial charge in [0.05, 0.1) is 6.10 Å². The van der Waals surface area contributed by atoms with Gasteiger partial charge in [0.15, 0.2) is 5.11 Å². The van der Waals surface area contributed by atoms with E-state index in [-0.39, 0.29) is 0 Å². The molecule has 1 aliphatic heterocycles. The zero-order valence-electron chi connectivity index (χ0n) is 12.8. The lowest BCUT2D eigenvalue weighted by molar-refractivity contribution is 0.114. The molecule has 1 saturated heterocycles. The molecule has 0 aromatic heterocycles. The van der Waals surface area contributed by atoms with Gasteiger partial charge in [0.1, 0.15) is 0 Å². The molecule has 0 amide bonds. The van der Waals surface area contributed by atoms with E-state index < -0.39 is 0 Å². The SMILES string of the molecule is S=C(NC[C@@H]1CCCO1)N/N=C1\CC[C@@H]2CCCC[C@H]2C1. The largest absolute Gasteiger partial charge is 0.376 e. The zero-order chi connectivity index (χ0) is 14.5. The number of thiocarbonyl (C=S) groups is 1. The first kappa shape index (κ1) is 15.2. The fourth-order valence-corrected chi connectivity index (χ4v) is 4.10. The van der Waals surface area contributed by atoms with Crippen molar-refractivity contribution in [3.8, 4) is 0 Å². The summed E-state index contributed by atoms with van der Waals surface area (Å²) in [5.41, 5.74) is 4.33. The first-order chi connectivity index (χ1) is 10.3. The average Bonchev–Trinajstić information content (AvgIpc) is 3.04. The third-order valence-corrected chi connectivity index (χ3v) is 5.43. The Hall–Kier alpha value is -0.680. The van der Waals surface area contributed by atoms with Crippen LogP contribution in [0.2, 0.25) is 0 Å². The minimum atomic E-state index is 0.315. The van der Waals surface area contributed by atoms with Gasteiger partial charge in [-0.05, 0) is 62.6 Å². The molecule has 3 aliphatic rings. The first-order valence-electron chi connectivity index (χ1n) is 8.52. The van der Waals surface area contributed by atoms with Gasteiger partial charge in [-0.25, -0.2) is 0 Å². The van der Waals surface area contributed by atoms with Crippen LogP contribution in [-0.2, 0) is 4.74 Å². The van der Waals surface area contributed by atoms with Gasteiger partial charge in [-0.3, -0.25) is 5.43 Å². The van der Waals surface area contributed by atoms with Crippen molar-refractivity contribution in [1.82, 2.24) is 10.7 Å². The molecule has 0 unspecified atom stereocenters. The van der Waals surface area contributed by atoms with Crippen LogP contribution < -0.4 is 10.7 Å². The third-order valence-electron chi connectivity index (χ3n) is 5.20. The van der Waals surface area contributed by atoms with Gasteiger partial charge in [-0.2, -0.15) is 5.10 Å². The maximum atomic E-state index is 5.57. The minimum absolute atomic E-state index is 0.315. The summed E-state index contributed by atoms with van der Waals surface area (Å²) in [6.07, 6.45) is 11.9. The maximum Gasteiger partial charge on any atom is 0.187 e. The zero-order valence-corrected chi connectivity index (χ0v) is 13.6. The predicted octanol–water partition coefficient (Wildman–Crippen LogP) is 2.98. The van der Waals surface area contributed by atoms with Crippen molar-refractivity contribution in [3.63, 3.8) is 0 Å². The Bertz CT molecular complexity index is 393. The molecule has 2 N–H and O–H groups in total. The average molecular weight is 309 g/mol. The number of hydrogen-bond donors (Lipinski definition) is 2. The Balaban J connectivity index is 1.39. The van der Waals surface area contributed by atoms with E-state index in [0.29, 0.717) is 11.2 Å². The summed E-state index contributed by atoms with van der Waals surface area (Å²) < 4.78 is 5.57. The van der Waals surface area contributed by atoms with Gasteiger partial charge in [0.2, 0.25) is 0 Å². The van der Waals surface area contributed by atoms with Gasteiger partial charge in [0, 0.05) is 18.9 Å². The van der Waals surface area contributed by atoms with E-state index in [2.05, 4.69) is 15.8 Å². The molecular formula is C16H27N3OS.